The van der Waals surface area contributed by atoms with Crippen LogP contribution in [0, 0.1) is 5.92 Å². The lowest BCUT2D eigenvalue weighted by molar-refractivity contribution is -0.0484. The van der Waals surface area contributed by atoms with Crippen molar-refractivity contribution in [3.8, 4) is 0 Å². The molecule has 1 aliphatic carbocycles. The van der Waals surface area contributed by atoms with E-state index in [0.29, 0.717) is 29.7 Å². The Morgan fingerprint density at radius 2 is 2.06 bits per heavy atom. The van der Waals surface area contributed by atoms with Crippen molar-refractivity contribution in [2.45, 2.75) is 56.2 Å². The number of nitrogens with one attached hydrogen (secondary N) is 1. The van der Waals surface area contributed by atoms with E-state index in [-0.39, 0.29) is 31.9 Å². The molecular formula is C20H26F4N6O2. The van der Waals surface area contributed by atoms with Crippen LogP contribution in [0.3, 0.4) is 0 Å². The first-order valence-corrected chi connectivity index (χ1v) is 10.5. The molecule has 2 aromatic rings. The molecule has 2 aliphatic rings. The predicted molar refractivity (Wildman–Crippen MR) is 106 cm³/mol. The number of urea groups is 1. The van der Waals surface area contributed by atoms with Gasteiger partial charge in [-0.05, 0) is 24.8 Å². The molecule has 3 atom stereocenters. The molecule has 32 heavy (non-hydrogen) atoms. The first-order valence-electron chi connectivity index (χ1n) is 10.5. The van der Waals surface area contributed by atoms with E-state index in [9.17, 15) is 22.4 Å². The van der Waals surface area contributed by atoms with E-state index in [2.05, 4.69) is 15.4 Å². The first-order chi connectivity index (χ1) is 15.2. The van der Waals surface area contributed by atoms with Crippen LogP contribution in [0.5, 0.6) is 0 Å². The number of nitrogens with two attached hydrogens (primary N) is 1. The van der Waals surface area contributed by atoms with Gasteiger partial charge in [-0.15, -0.1) is 0 Å². The summed E-state index contributed by atoms with van der Waals surface area (Å²) in [6.45, 7) is -0.0722. The average Bonchev–Trinajstić information content (AvgIpc) is 3.34. The number of ether oxygens (including phenoxy) is 1. The maximum absolute atomic E-state index is 13.5. The Balaban J connectivity index is 1.55. The molecule has 0 spiro atoms. The Labute approximate surface area is 182 Å². The van der Waals surface area contributed by atoms with E-state index >= 15 is 0 Å². The standard InChI is InChI=1S/C20H26F4N6O2/c1-32-10-15(29-8-14(18(21)22)28-19(29)31)12-6-16-27-13(9-30(16)26-7-12)17(25)11-2-4-20(23,24)5-3-11/h6-7,9,11,14-15,17-18H,2-5,8,10,25H2,1H3,(H,28,31)/t14-,15?,17?/m0/s1. The number of nitrogens with zero attached hydrogens (tertiary/aromatic N) is 4. The average molecular weight is 458 g/mol. The summed E-state index contributed by atoms with van der Waals surface area (Å²) in [5.74, 6) is -2.73. The zero-order chi connectivity index (χ0) is 23.0. The highest BCUT2D eigenvalue weighted by Gasteiger charge is 2.39. The zero-order valence-electron chi connectivity index (χ0n) is 17.6. The second-order valence-corrected chi connectivity index (χ2v) is 8.49. The number of imidazole rings is 1. The summed E-state index contributed by atoms with van der Waals surface area (Å²) in [6, 6.07) is -1.28. The van der Waals surface area contributed by atoms with Gasteiger partial charge in [0.15, 0.2) is 5.65 Å². The lowest BCUT2D eigenvalue weighted by Gasteiger charge is -2.31. The number of hydrogen-bond acceptors (Lipinski definition) is 5. The zero-order valence-corrected chi connectivity index (χ0v) is 17.6. The van der Waals surface area contributed by atoms with Gasteiger partial charge in [0.25, 0.3) is 6.43 Å². The summed E-state index contributed by atoms with van der Waals surface area (Å²) in [5, 5.41) is 6.60. The van der Waals surface area contributed by atoms with E-state index < -0.39 is 36.5 Å². The molecule has 4 rings (SSSR count). The number of aromatic nitrogens is 3. The monoisotopic (exact) mass is 458 g/mol. The number of carbonyl (C=O) groups excluding carboxylic acids is 1. The fourth-order valence-corrected chi connectivity index (χ4v) is 4.43. The molecule has 0 radical (unpaired) electrons. The predicted octanol–water partition coefficient (Wildman–Crippen LogP) is 2.90. The van der Waals surface area contributed by atoms with Gasteiger partial charge in [-0.2, -0.15) is 5.10 Å². The maximum atomic E-state index is 13.5. The SMILES string of the molecule is COCC(c1cnn2cc(C(N)C3CCC(F)(F)CC3)nc2c1)N1C[C@@H](C(F)F)NC1=O. The van der Waals surface area contributed by atoms with E-state index in [1.54, 1.807) is 12.3 Å². The fraction of sp³-hybridized carbons (Fsp3) is 0.650. The molecule has 2 amide bonds. The lowest BCUT2D eigenvalue weighted by atomic mass is 9.81. The quantitative estimate of drug-likeness (QED) is 0.622. The third-order valence-corrected chi connectivity index (χ3v) is 6.32. The minimum Gasteiger partial charge on any atom is -0.382 e. The van der Waals surface area contributed by atoms with Gasteiger partial charge in [-0.25, -0.2) is 31.9 Å². The van der Waals surface area contributed by atoms with E-state index in [0.717, 1.165) is 0 Å². The van der Waals surface area contributed by atoms with Crippen molar-refractivity contribution in [1.82, 2.24) is 24.8 Å². The number of rotatable bonds is 7. The van der Waals surface area contributed by atoms with Crippen LogP contribution in [0.2, 0.25) is 0 Å². The van der Waals surface area contributed by atoms with Crippen LogP contribution in [0.4, 0.5) is 22.4 Å². The second-order valence-electron chi connectivity index (χ2n) is 8.49. The van der Waals surface area contributed by atoms with Crippen molar-refractivity contribution in [1.29, 1.82) is 0 Å². The molecule has 8 nitrogen and oxygen atoms in total. The molecule has 1 aliphatic heterocycles. The molecule has 2 fully saturated rings. The summed E-state index contributed by atoms with van der Waals surface area (Å²) in [5.41, 5.74) is 7.91. The van der Waals surface area contributed by atoms with Gasteiger partial charge in [-0.3, -0.25) is 0 Å². The molecule has 1 saturated carbocycles. The van der Waals surface area contributed by atoms with Gasteiger partial charge in [-0.1, -0.05) is 0 Å². The van der Waals surface area contributed by atoms with Crippen LogP contribution in [0.1, 0.15) is 49.0 Å². The van der Waals surface area contributed by atoms with Crippen LogP contribution in [-0.4, -0.2) is 64.2 Å². The highest BCUT2D eigenvalue weighted by atomic mass is 19.3. The van der Waals surface area contributed by atoms with Crippen molar-refractivity contribution >= 4 is 11.7 Å². The van der Waals surface area contributed by atoms with Gasteiger partial charge < -0.3 is 20.7 Å². The first kappa shape index (κ1) is 22.7. The lowest BCUT2D eigenvalue weighted by Crippen LogP contribution is -2.34. The van der Waals surface area contributed by atoms with E-state index in [4.69, 9.17) is 10.5 Å². The molecule has 0 bridgehead atoms. The van der Waals surface area contributed by atoms with Crippen LogP contribution < -0.4 is 11.1 Å². The molecule has 3 heterocycles. The summed E-state index contributed by atoms with van der Waals surface area (Å²) in [4.78, 5) is 18.1. The number of methoxy groups -OCH3 is 1. The number of hydrogen-bond donors (Lipinski definition) is 2. The summed E-state index contributed by atoms with van der Waals surface area (Å²) >= 11 is 0. The van der Waals surface area contributed by atoms with Crippen molar-refractivity contribution in [3.05, 3.63) is 29.7 Å². The number of carbonyl (C=O) groups is 1. The van der Waals surface area contributed by atoms with Crippen LogP contribution in [-0.2, 0) is 4.74 Å². The molecule has 0 aromatic carbocycles. The normalized spacial score (nSPS) is 23.7. The molecule has 2 unspecified atom stereocenters. The third kappa shape index (κ3) is 4.51. The second kappa shape index (κ2) is 8.81. The largest absolute Gasteiger partial charge is 0.382 e. The minimum absolute atomic E-state index is 0.0879. The smallest absolute Gasteiger partial charge is 0.318 e. The van der Waals surface area contributed by atoms with Gasteiger partial charge in [0.05, 0.1) is 36.8 Å². The Bertz CT molecular complexity index is 961. The van der Waals surface area contributed by atoms with Crippen molar-refractivity contribution in [2.24, 2.45) is 11.7 Å². The fourth-order valence-electron chi connectivity index (χ4n) is 4.43. The Kier molecular flexibility index (Phi) is 6.26. The third-order valence-electron chi connectivity index (χ3n) is 6.32. The summed E-state index contributed by atoms with van der Waals surface area (Å²) in [6.07, 6.45) is 0.797. The molecule has 12 heteroatoms. The van der Waals surface area contributed by atoms with Gasteiger partial charge in [0.2, 0.25) is 5.92 Å². The minimum atomic E-state index is -2.68. The summed E-state index contributed by atoms with van der Waals surface area (Å²) in [7, 11) is 1.46. The van der Waals surface area contributed by atoms with E-state index in [1.807, 2.05) is 0 Å². The number of amides is 2. The van der Waals surface area contributed by atoms with Crippen molar-refractivity contribution in [2.75, 3.05) is 20.3 Å². The van der Waals surface area contributed by atoms with Crippen LogP contribution in [0.25, 0.3) is 5.65 Å². The van der Waals surface area contributed by atoms with Crippen molar-refractivity contribution in [3.63, 3.8) is 0 Å². The van der Waals surface area contributed by atoms with Crippen LogP contribution >= 0.6 is 0 Å². The Hall–Kier alpha value is -2.47. The maximum Gasteiger partial charge on any atom is 0.318 e. The number of alkyl halides is 4. The van der Waals surface area contributed by atoms with Gasteiger partial charge in [0, 0.05) is 32.1 Å². The summed E-state index contributed by atoms with van der Waals surface area (Å²) < 4.78 is 59.8. The Morgan fingerprint density at radius 1 is 1.34 bits per heavy atom. The molecule has 1 saturated heterocycles. The number of halogens is 4. The molecular weight excluding hydrogens is 432 g/mol. The number of fused-ring (bicyclic) bond motifs is 1. The molecule has 3 N–H and O–H groups in total. The Morgan fingerprint density at radius 3 is 2.69 bits per heavy atom. The van der Waals surface area contributed by atoms with Gasteiger partial charge in [0.1, 0.15) is 6.04 Å². The van der Waals surface area contributed by atoms with Crippen molar-refractivity contribution < 1.29 is 27.1 Å². The van der Waals surface area contributed by atoms with Gasteiger partial charge >= 0.3 is 6.03 Å². The topological polar surface area (TPSA) is 97.8 Å². The molecule has 176 valence electrons. The van der Waals surface area contributed by atoms with E-state index in [1.165, 1.54) is 22.7 Å². The van der Waals surface area contributed by atoms with Crippen LogP contribution in [0.15, 0.2) is 18.5 Å². The highest BCUT2D eigenvalue weighted by molar-refractivity contribution is 5.77. The highest BCUT2D eigenvalue weighted by Crippen LogP contribution is 2.40. The molecule has 2 aromatic heterocycles.